The Morgan fingerprint density at radius 2 is 2.56 bits per heavy atom. The molecule has 0 N–H and O–H groups in total. The van der Waals surface area contributed by atoms with Crippen LogP contribution in [0.25, 0.3) is 0 Å². The van der Waals surface area contributed by atoms with Crippen molar-refractivity contribution in [3.63, 3.8) is 0 Å². The predicted octanol–water partition coefficient (Wildman–Crippen LogP) is 1.42. The van der Waals surface area contributed by atoms with Gasteiger partial charge >= 0.3 is 0 Å². The average Bonchev–Trinajstić information content (AvgIpc) is 2.10. The highest BCUT2D eigenvalue weighted by Gasteiger charge is 2.01. The molecule has 0 saturated carbocycles. The first-order chi connectivity index (χ1) is 4.24. The maximum atomic E-state index is 9.93. The molecule has 0 radical (unpaired) electrons. The van der Waals surface area contributed by atoms with Crippen molar-refractivity contribution in [3.05, 3.63) is 14.8 Å². The third-order valence-electron chi connectivity index (χ3n) is 0.864. The van der Waals surface area contributed by atoms with E-state index in [2.05, 4.69) is 10.3 Å². The number of hydrogen-bond donors (Lipinski definition) is 0. The van der Waals surface area contributed by atoms with Gasteiger partial charge in [0.2, 0.25) is 0 Å². The van der Waals surface area contributed by atoms with E-state index in [1.807, 2.05) is 22.6 Å². The largest absolute Gasteiger partial charge is 0.272 e. The fraction of sp³-hybridized carbons (Fsp3) is 0.250. The zero-order chi connectivity index (χ0) is 6.85. The van der Waals surface area contributed by atoms with Crippen molar-refractivity contribution in [3.8, 4) is 0 Å². The van der Waals surface area contributed by atoms with Crippen molar-refractivity contribution >= 4 is 28.3 Å². The third-order valence-corrected chi connectivity index (χ3v) is 1.63. The lowest BCUT2D eigenvalue weighted by Crippen LogP contribution is -1.85. The Morgan fingerprint density at radius 1 is 1.89 bits per heavy atom. The van der Waals surface area contributed by atoms with Gasteiger partial charge in [0, 0.05) is 7.05 Å². The van der Waals surface area contributed by atoms with E-state index < -0.39 is 0 Å². The van der Waals surface area contributed by atoms with Crippen LogP contribution in [-0.2, 0) is 7.05 Å². The van der Waals surface area contributed by atoms with Gasteiger partial charge in [-0.1, -0.05) is 0 Å². The summed E-state index contributed by atoms with van der Waals surface area (Å²) >= 11 is 1.96. The molecule has 4 nitrogen and oxygen atoms in total. The van der Waals surface area contributed by atoms with Crippen LogP contribution < -0.4 is 0 Å². The highest BCUT2D eigenvalue weighted by molar-refractivity contribution is 14.1. The Balaban J connectivity index is 3.15. The smallest absolute Gasteiger partial charge is 0.159 e. The van der Waals surface area contributed by atoms with Crippen molar-refractivity contribution in [2.45, 2.75) is 0 Å². The maximum Gasteiger partial charge on any atom is 0.159 e. The van der Waals surface area contributed by atoms with E-state index in [1.165, 1.54) is 0 Å². The fourth-order valence-corrected chi connectivity index (χ4v) is 1.09. The molecule has 0 aliphatic rings. The number of rotatable bonds is 1. The summed E-state index contributed by atoms with van der Waals surface area (Å²) in [7, 11) is 1.75. The van der Waals surface area contributed by atoms with E-state index in [0.29, 0.717) is 9.39 Å². The molecule has 0 bridgehead atoms. The molecule has 0 aliphatic heterocycles. The highest BCUT2D eigenvalue weighted by Crippen LogP contribution is 2.17. The van der Waals surface area contributed by atoms with Gasteiger partial charge < -0.3 is 0 Å². The molecule has 1 aromatic rings. The number of nitroso groups, excluding NO2 is 1. The second-order valence-corrected chi connectivity index (χ2v) is 2.59. The first-order valence-corrected chi connectivity index (χ1v) is 3.34. The second kappa shape index (κ2) is 2.42. The van der Waals surface area contributed by atoms with Crippen molar-refractivity contribution in [2.24, 2.45) is 12.2 Å². The third kappa shape index (κ3) is 1.26. The van der Waals surface area contributed by atoms with Gasteiger partial charge in [0.1, 0.15) is 0 Å². The van der Waals surface area contributed by atoms with Crippen LogP contribution in [0.5, 0.6) is 0 Å². The van der Waals surface area contributed by atoms with Crippen LogP contribution >= 0.6 is 22.6 Å². The van der Waals surface area contributed by atoms with Gasteiger partial charge in [0.15, 0.2) is 9.39 Å². The summed E-state index contributed by atoms with van der Waals surface area (Å²) in [6, 6.07) is 0. The Labute approximate surface area is 65.4 Å². The molecule has 0 atom stereocenters. The van der Waals surface area contributed by atoms with Crippen molar-refractivity contribution < 1.29 is 0 Å². The van der Waals surface area contributed by atoms with E-state index in [4.69, 9.17) is 0 Å². The summed E-state index contributed by atoms with van der Waals surface area (Å²) in [4.78, 5) is 9.93. The summed E-state index contributed by atoms with van der Waals surface area (Å²) in [5, 5.41) is 6.64. The summed E-state index contributed by atoms with van der Waals surface area (Å²) in [6.07, 6.45) is 1.58. The Hall–Kier alpha value is -0.460. The van der Waals surface area contributed by atoms with Gasteiger partial charge in [0.05, 0.1) is 6.20 Å². The van der Waals surface area contributed by atoms with E-state index in [9.17, 15) is 4.91 Å². The van der Waals surface area contributed by atoms with E-state index in [1.54, 1.807) is 17.9 Å². The summed E-state index contributed by atoms with van der Waals surface area (Å²) in [6.45, 7) is 0. The standard InChI is InChI=1S/C4H4IN3O/c1-8-2-3(7-9)4(5)6-8/h2H,1H3. The van der Waals surface area contributed by atoms with Crippen LogP contribution in [0.2, 0.25) is 0 Å². The molecule has 0 aliphatic carbocycles. The molecule has 0 aromatic carbocycles. The Morgan fingerprint density at radius 3 is 2.78 bits per heavy atom. The monoisotopic (exact) mass is 237 g/mol. The molecular formula is C4H4IN3O. The normalized spacial score (nSPS) is 9.56. The summed E-state index contributed by atoms with van der Waals surface area (Å²) < 4.78 is 2.20. The van der Waals surface area contributed by atoms with Crippen molar-refractivity contribution in [1.82, 2.24) is 9.78 Å². The van der Waals surface area contributed by atoms with E-state index >= 15 is 0 Å². The van der Waals surface area contributed by atoms with Gasteiger partial charge in [-0.3, -0.25) is 4.68 Å². The van der Waals surface area contributed by atoms with Crippen molar-refractivity contribution in [2.75, 3.05) is 0 Å². The van der Waals surface area contributed by atoms with Crippen LogP contribution in [-0.4, -0.2) is 9.78 Å². The van der Waals surface area contributed by atoms with Gasteiger partial charge in [-0.05, 0) is 27.8 Å². The number of aryl methyl sites for hydroxylation is 1. The Bertz CT molecular complexity index is 232. The highest BCUT2D eigenvalue weighted by atomic mass is 127. The first-order valence-electron chi connectivity index (χ1n) is 2.26. The van der Waals surface area contributed by atoms with Crippen LogP contribution in [0.15, 0.2) is 11.4 Å². The second-order valence-electron chi connectivity index (χ2n) is 1.57. The molecule has 5 heteroatoms. The van der Waals surface area contributed by atoms with Gasteiger partial charge in [-0.2, -0.15) is 5.10 Å². The number of aromatic nitrogens is 2. The molecule has 0 fully saturated rings. The molecule has 0 unspecified atom stereocenters. The molecule has 0 spiro atoms. The van der Waals surface area contributed by atoms with Gasteiger partial charge in [-0.15, -0.1) is 4.91 Å². The quantitative estimate of drug-likeness (QED) is 0.547. The minimum atomic E-state index is 0.401. The number of hydrogen-bond acceptors (Lipinski definition) is 3. The minimum absolute atomic E-state index is 0.401. The number of halogens is 1. The van der Waals surface area contributed by atoms with Crippen LogP contribution in [0.3, 0.4) is 0 Å². The first kappa shape index (κ1) is 6.66. The lowest BCUT2D eigenvalue weighted by atomic mass is 10.6. The van der Waals surface area contributed by atoms with E-state index in [-0.39, 0.29) is 0 Å². The zero-order valence-corrected chi connectivity index (χ0v) is 6.86. The molecular weight excluding hydrogens is 233 g/mol. The van der Waals surface area contributed by atoms with Gasteiger partial charge in [0.25, 0.3) is 0 Å². The lowest BCUT2D eigenvalue weighted by Gasteiger charge is -1.78. The van der Waals surface area contributed by atoms with Gasteiger partial charge in [-0.25, -0.2) is 0 Å². The van der Waals surface area contributed by atoms with Crippen LogP contribution in [0.1, 0.15) is 0 Å². The molecule has 0 saturated heterocycles. The summed E-state index contributed by atoms with van der Waals surface area (Å²) in [5.74, 6) is 0. The lowest BCUT2D eigenvalue weighted by molar-refractivity contribution is 0.760. The van der Waals surface area contributed by atoms with E-state index in [0.717, 1.165) is 0 Å². The van der Waals surface area contributed by atoms with Crippen LogP contribution in [0, 0.1) is 8.61 Å². The molecule has 48 valence electrons. The molecule has 1 heterocycles. The molecule has 1 rings (SSSR count). The summed E-state index contributed by atoms with van der Waals surface area (Å²) in [5.41, 5.74) is 0.401. The predicted molar refractivity (Wildman–Crippen MR) is 41.4 cm³/mol. The number of nitrogens with zero attached hydrogens (tertiary/aromatic N) is 3. The molecule has 0 amide bonds. The topological polar surface area (TPSA) is 47.2 Å². The maximum absolute atomic E-state index is 9.93. The SMILES string of the molecule is Cn1cc(N=O)c(I)n1. The van der Waals surface area contributed by atoms with Crippen LogP contribution in [0.4, 0.5) is 5.69 Å². The average molecular weight is 237 g/mol. The Kier molecular flexibility index (Phi) is 1.79. The minimum Gasteiger partial charge on any atom is -0.272 e. The molecule has 1 aromatic heterocycles. The van der Waals surface area contributed by atoms with Crippen molar-refractivity contribution in [1.29, 1.82) is 0 Å². The molecule has 9 heavy (non-hydrogen) atoms. The fourth-order valence-electron chi connectivity index (χ4n) is 0.510. The zero-order valence-electron chi connectivity index (χ0n) is 4.71.